The predicted molar refractivity (Wildman–Crippen MR) is 101 cm³/mol. The molecule has 2 heterocycles. The van der Waals surface area contributed by atoms with Crippen molar-refractivity contribution in [2.45, 2.75) is 23.8 Å². The molecule has 0 unspecified atom stereocenters. The molecule has 3 rings (SSSR count). The molecule has 0 bridgehead atoms. The van der Waals surface area contributed by atoms with Crippen molar-refractivity contribution in [3.05, 3.63) is 41.7 Å². The van der Waals surface area contributed by atoms with E-state index in [0.717, 1.165) is 6.42 Å². The number of hydrogen-bond donors (Lipinski definition) is 2. The Balaban J connectivity index is 1.53. The van der Waals surface area contributed by atoms with Gasteiger partial charge >= 0.3 is 0 Å². The normalized spacial score (nSPS) is 19.0. The van der Waals surface area contributed by atoms with E-state index in [4.69, 9.17) is 5.73 Å². The van der Waals surface area contributed by atoms with Gasteiger partial charge in [-0.2, -0.15) is 15.0 Å². The van der Waals surface area contributed by atoms with Gasteiger partial charge in [0.2, 0.25) is 11.9 Å². The van der Waals surface area contributed by atoms with Crippen LogP contribution >= 0.6 is 11.8 Å². The van der Waals surface area contributed by atoms with Crippen molar-refractivity contribution in [2.24, 2.45) is 0 Å². The minimum Gasteiger partial charge on any atom is -0.368 e. The molecular formula is C16H21N5O2S2. The van der Waals surface area contributed by atoms with E-state index in [9.17, 15) is 8.42 Å². The van der Waals surface area contributed by atoms with Gasteiger partial charge in [0.05, 0.1) is 17.3 Å². The Bertz CT molecular complexity index is 815. The molecule has 1 aliphatic heterocycles. The van der Waals surface area contributed by atoms with E-state index >= 15 is 0 Å². The molecule has 7 nitrogen and oxygen atoms in total. The van der Waals surface area contributed by atoms with E-state index in [1.54, 1.807) is 11.8 Å². The topological polar surface area (TPSA) is 111 Å². The van der Waals surface area contributed by atoms with E-state index in [1.165, 1.54) is 5.56 Å². The van der Waals surface area contributed by atoms with E-state index in [1.807, 2.05) is 18.2 Å². The highest BCUT2D eigenvalue weighted by Gasteiger charge is 2.28. The third-order valence-electron chi connectivity index (χ3n) is 3.88. The monoisotopic (exact) mass is 379 g/mol. The first-order chi connectivity index (χ1) is 12.0. The van der Waals surface area contributed by atoms with Gasteiger partial charge in [0, 0.05) is 11.8 Å². The van der Waals surface area contributed by atoms with Crippen LogP contribution in [0.15, 0.2) is 30.3 Å². The Kier molecular flexibility index (Phi) is 5.74. The third kappa shape index (κ3) is 5.57. The number of nitrogen functional groups attached to an aromatic ring is 1. The summed E-state index contributed by atoms with van der Waals surface area (Å²) in [5, 5.41) is 3.28. The molecule has 25 heavy (non-hydrogen) atoms. The van der Waals surface area contributed by atoms with Crippen LogP contribution in [0.25, 0.3) is 0 Å². The molecule has 0 spiro atoms. The van der Waals surface area contributed by atoms with E-state index in [2.05, 4.69) is 32.4 Å². The molecule has 1 atom stereocenters. The van der Waals surface area contributed by atoms with Crippen molar-refractivity contribution in [1.82, 2.24) is 15.0 Å². The van der Waals surface area contributed by atoms with Crippen LogP contribution in [0, 0.1) is 0 Å². The molecule has 1 fully saturated rings. The zero-order chi connectivity index (χ0) is 17.7. The van der Waals surface area contributed by atoms with Crippen molar-refractivity contribution in [1.29, 1.82) is 0 Å². The molecule has 1 saturated heterocycles. The summed E-state index contributed by atoms with van der Waals surface area (Å²) in [5.41, 5.74) is 6.99. The zero-order valence-electron chi connectivity index (χ0n) is 13.8. The van der Waals surface area contributed by atoms with Gasteiger partial charge < -0.3 is 11.1 Å². The average Bonchev–Trinajstić information content (AvgIpc) is 2.93. The largest absolute Gasteiger partial charge is 0.368 e. The number of sulfone groups is 1. The van der Waals surface area contributed by atoms with Gasteiger partial charge in [-0.05, 0) is 18.4 Å². The van der Waals surface area contributed by atoms with Crippen LogP contribution in [0.1, 0.15) is 17.8 Å². The van der Waals surface area contributed by atoms with Crippen molar-refractivity contribution in [2.75, 3.05) is 29.1 Å². The van der Waals surface area contributed by atoms with Crippen LogP contribution < -0.4 is 11.1 Å². The summed E-state index contributed by atoms with van der Waals surface area (Å²) in [6.45, 7) is 0.695. The lowest BCUT2D eigenvalue weighted by Crippen LogP contribution is -2.12. The SMILES string of the molecule is Nc1nc(CS[C@H]2CCS(=O)(=O)C2)nc(NCCc2ccccc2)n1. The molecule has 1 aromatic heterocycles. The number of aromatic nitrogens is 3. The van der Waals surface area contributed by atoms with Gasteiger partial charge in [0.15, 0.2) is 9.84 Å². The lowest BCUT2D eigenvalue weighted by atomic mass is 10.1. The van der Waals surface area contributed by atoms with Crippen molar-refractivity contribution in [3.8, 4) is 0 Å². The first kappa shape index (κ1) is 17.9. The smallest absolute Gasteiger partial charge is 0.227 e. The highest BCUT2D eigenvalue weighted by Crippen LogP contribution is 2.26. The molecular weight excluding hydrogens is 358 g/mol. The van der Waals surface area contributed by atoms with Crippen molar-refractivity contribution in [3.63, 3.8) is 0 Å². The lowest BCUT2D eigenvalue weighted by molar-refractivity contribution is 0.602. The van der Waals surface area contributed by atoms with Crippen LogP contribution in [0.5, 0.6) is 0 Å². The van der Waals surface area contributed by atoms with Crippen LogP contribution in [0.2, 0.25) is 0 Å². The lowest BCUT2D eigenvalue weighted by Gasteiger charge is -2.09. The molecule has 0 aliphatic carbocycles. The standard InChI is InChI=1S/C16H21N5O2S2/c17-15-19-14(10-24-13-7-9-25(22,23)11-13)20-16(21-15)18-8-6-12-4-2-1-3-5-12/h1-5,13H,6-11H2,(H3,17,18,19,20,21)/t13-/m0/s1. The number of nitrogens with zero attached hydrogens (tertiary/aromatic N) is 3. The fourth-order valence-electron chi connectivity index (χ4n) is 2.63. The van der Waals surface area contributed by atoms with Crippen LogP contribution in [0.3, 0.4) is 0 Å². The second kappa shape index (κ2) is 8.01. The number of nitrogens with two attached hydrogens (primary N) is 1. The maximum Gasteiger partial charge on any atom is 0.227 e. The maximum atomic E-state index is 11.5. The van der Waals surface area contributed by atoms with E-state index < -0.39 is 9.84 Å². The first-order valence-electron chi connectivity index (χ1n) is 8.10. The number of benzene rings is 1. The van der Waals surface area contributed by atoms with Gasteiger partial charge in [-0.25, -0.2) is 8.42 Å². The Morgan fingerprint density at radius 1 is 1.20 bits per heavy atom. The summed E-state index contributed by atoms with van der Waals surface area (Å²) < 4.78 is 23.0. The van der Waals surface area contributed by atoms with Crippen LogP contribution in [0.4, 0.5) is 11.9 Å². The number of thioether (sulfide) groups is 1. The highest BCUT2D eigenvalue weighted by molar-refractivity contribution is 8.01. The molecule has 2 aromatic rings. The molecule has 0 radical (unpaired) electrons. The van der Waals surface area contributed by atoms with Crippen molar-refractivity contribution < 1.29 is 8.42 Å². The molecule has 9 heteroatoms. The van der Waals surface area contributed by atoms with Crippen LogP contribution in [-0.2, 0) is 22.0 Å². The number of nitrogens with one attached hydrogen (secondary N) is 1. The van der Waals surface area contributed by atoms with Crippen LogP contribution in [-0.4, -0.2) is 46.7 Å². The Labute approximate surface area is 151 Å². The van der Waals surface area contributed by atoms with Crippen molar-refractivity contribution >= 4 is 33.5 Å². The Hall–Kier alpha value is -1.87. The second-order valence-corrected chi connectivity index (χ2v) is 9.45. The molecule has 1 aromatic carbocycles. The van der Waals surface area contributed by atoms with Gasteiger partial charge in [0.1, 0.15) is 5.82 Å². The quantitative estimate of drug-likeness (QED) is 0.745. The molecule has 1 aliphatic rings. The number of rotatable bonds is 7. The number of anilines is 2. The maximum absolute atomic E-state index is 11.5. The summed E-state index contributed by atoms with van der Waals surface area (Å²) >= 11 is 1.56. The first-order valence-corrected chi connectivity index (χ1v) is 11.0. The van der Waals surface area contributed by atoms with Gasteiger partial charge in [-0.3, -0.25) is 0 Å². The summed E-state index contributed by atoms with van der Waals surface area (Å²) in [7, 11) is -2.87. The average molecular weight is 380 g/mol. The minimum atomic E-state index is -2.87. The van der Waals surface area contributed by atoms with Gasteiger partial charge in [-0.1, -0.05) is 30.3 Å². The highest BCUT2D eigenvalue weighted by atomic mass is 32.2. The fourth-order valence-corrected chi connectivity index (χ4v) is 6.13. The molecule has 3 N–H and O–H groups in total. The second-order valence-electron chi connectivity index (χ2n) is 5.93. The summed E-state index contributed by atoms with van der Waals surface area (Å²) in [6, 6.07) is 10.1. The number of hydrogen-bond acceptors (Lipinski definition) is 8. The summed E-state index contributed by atoms with van der Waals surface area (Å²) in [6.07, 6.45) is 1.55. The third-order valence-corrected chi connectivity index (χ3v) is 7.16. The molecule has 0 saturated carbocycles. The van der Waals surface area contributed by atoms with Gasteiger partial charge in [0.25, 0.3) is 0 Å². The fraction of sp³-hybridized carbons (Fsp3) is 0.438. The molecule has 134 valence electrons. The molecule has 0 amide bonds. The summed E-state index contributed by atoms with van der Waals surface area (Å²) in [5.74, 6) is 2.24. The Morgan fingerprint density at radius 2 is 2.00 bits per heavy atom. The predicted octanol–water partition coefficient (Wildman–Crippen LogP) is 1.53. The Morgan fingerprint density at radius 3 is 2.72 bits per heavy atom. The van der Waals surface area contributed by atoms with E-state index in [0.29, 0.717) is 30.5 Å². The minimum absolute atomic E-state index is 0.109. The van der Waals surface area contributed by atoms with E-state index in [-0.39, 0.29) is 22.7 Å². The van der Waals surface area contributed by atoms with Gasteiger partial charge in [-0.15, -0.1) is 11.8 Å². The zero-order valence-corrected chi connectivity index (χ0v) is 15.4. The summed E-state index contributed by atoms with van der Waals surface area (Å²) in [4.78, 5) is 12.6.